The van der Waals surface area contributed by atoms with Crippen molar-refractivity contribution in [2.75, 3.05) is 13.1 Å². The van der Waals surface area contributed by atoms with Gasteiger partial charge in [0.15, 0.2) is 0 Å². The van der Waals surface area contributed by atoms with Crippen LogP contribution < -0.4 is 5.73 Å². The van der Waals surface area contributed by atoms with Crippen molar-refractivity contribution in [3.63, 3.8) is 0 Å². The predicted octanol–water partition coefficient (Wildman–Crippen LogP) is 3.74. The van der Waals surface area contributed by atoms with Gasteiger partial charge < -0.3 is 5.73 Å². The third-order valence-electron chi connectivity index (χ3n) is 4.36. The first-order valence-corrected chi connectivity index (χ1v) is 7.36. The van der Waals surface area contributed by atoms with E-state index in [1.54, 1.807) is 12.1 Å². The molecule has 0 spiro atoms. The zero-order valence-electron chi connectivity index (χ0n) is 12.2. The molecule has 112 valence electrons. The summed E-state index contributed by atoms with van der Waals surface area (Å²) >= 11 is 0. The molecule has 20 heavy (non-hydrogen) atoms. The average Bonchev–Trinajstić information content (AvgIpc) is 2.44. The SMILES string of the molecule is CC1CCC(C)N(C(CN)c2ccc(C(F)F)cc2)C1. The average molecular weight is 282 g/mol. The van der Waals surface area contributed by atoms with Gasteiger partial charge in [0.05, 0.1) is 0 Å². The highest BCUT2D eigenvalue weighted by Crippen LogP contribution is 2.31. The summed E-state index contributed by atoms with van der Waals surface area (Å²) in [5.74, 6) is 0.667. The third-order valence-corrected chi connectivity index (χ3v) is 4.36. The van der Waals surface area contributed by atoms with Crippen LogP contribution >= 0.6 is 0 Å². The second kappa shape index (κ2) is 6.64. The van der Waals surface area contributed by atoms with Gasteiger partial charge in [-0.2, -0.15) is 0 Å². The van der Waals surface area contributed by atoms with Crippen molar-refractivity contribution in [1.82, 2.24) is 4.90 Å². The lowest BCUT2D eigenvalue weighted by molar-refractivity contribution is 0.0797. The first-order chi connectivity index (χ1) is 9.52. The van der Waals surface area contributed by atoms with Crippen LogP contribution in [0, 0.1) is 5.92 Å². The number of halogens is 2. The lowest BCUT2D eigenvalue weighted by atomic mass is 9.91. The summed E-state index contributed by atoms with van der Waals surface area (Å²) in [6, 6.07) is 7.24. The molecule has 1 aromatic rings. The normalized spacial score (nSPS) is 25.9. The van der Waals surface area contributed by atoms with Crippen LogP contribution in [0.4, 0.5) is 8.78 Å². The van der Waals surface area contributed by atoms with Crippen molar-refractivity contribution in [3.05, 3.63) is 35.4 Å². The molecule has 3 atom stereocenters. The van der Waals surface area contributed by atoms with Crippen molar-refractivity contribution in [3.8, 4) is 0 Å². The minimum atomic E-state index is -2.41. The summed E-state index contributed by atoms with van der Waals surface area (Å²) in [4.78, 5) is 2.42. The molecular weight excluding hydrogens is 258 g/mol. The Morgan fingerprint density at radius 1 is 1.15 bits per heavy atom. The highest BCUT2D eigenvalue weighted by atomic mass is 19.3. The monoisotopic (exact) mass is 282 g/mol. The van der Waals surface area contributed by atoms with Gasteiger partial charge in [0, 0.05) is 30.7 Å². The maximum atomic E-state index is 12.6. The standard InChI is InChI=1S/C16H24F2N2/c1-11-3-4-12(2)20(10-11)15(9-19)13-5-7-14(8-6-13)16(17)18/h5-8,11-12,15-16H,3-4,9-10,19H2,1-2H3. The van der Waals surface area contributed by atoms with Crippen LogP contribution in [0.3, 0.4) is 0 Å². The Labute approximate surface area is 120 Å². The molecule has 1 aromatic carbocycles. The molecule has 0 saturated carbocycles. The molecule has 4 heteroatoms. The van der Waals surface area contributed by atoms with E-state index >= 15 is 0 Å². The summed E-state index contributed by atoms with van der Waals surface area (Å²) in [6.07, 6.45) is 0.0146. The molecule has 1 heterocycles. The molecule has 2 rings (SSSR count). The van der Waals surface area contributed by atoms with E-state index < -0.39 is 6.43 Å². The number of hydrogen-bond donors (Lipinski definition) is 1. The van der Waals surface area contributed by atoms with E-state index in [4.69, 9.17) is 5.73 Å². The fourth-order valence-electron chi connectivity index (χ4n) is 3.08. The number of piperidine rings is 1. The number of hydrogen-bond acceptors (Lipinski definition) is 2. The van der Waals surface area contributed by atoms with E-state index in [1.807, 2.05) is 0 Å². The summed E-state index contributed by atoms with van der Waals surface area (Å²) in [7, 11) is 0. The van der Waals surface area contributed by atoms with Crippen LogP contribution in [-0.4, -0.2) is 24.0 Å². The largest absolute Gasteiger partial charge is 0.329 e. The predicted molar refractivity (Wildman–Crippen MR) is 77.8 cm³/mol. The van der Waals surface area contributed by atoms with Crippen molar-refractivity contribution < 1.29 is 8.78 Å². The van der Waals surface area contributed by atoms with E-state index in [1.165, 1.54) is 25.0 Å². The van der Waals surface area contributed by atoms with Crippen molar-refractivity contribution in [1.29, 1.82) is 0 Å². The molecule has 0 aliphatic carbocycles. The van der Waals surface area contributed by atoms with Crippen LogP contribution in [0.5, 0.6) is 0 Å². The van der Waals surface area contributed by atoms with E-state index in [0.717, 1.165) is 12.1 Å². The highest BCUT2D eigenvalue weighted by molar-refractivity contribution is 5.26. The number of nitrogens with zero attached hydrogens (tertiary/aromatic N) is 1. The van der Waals surface area contributed by atoms with Gasteiger partial charge in [-0.25, -0.2) is 8.78 Å². The van der Waals surface area contributed by atoms with Gasteiger partial charge >= 0.3 is 0 Å². The zero-order chi connectivity index (χ0) is 14.7. The molecule has 2 nitrogen and oxygen atoms in total. The molecule has 0 amide bonds. The quantitative estimate of drug-likeness (QED) is 0.911. The van der Waals surface area contributed by atoms with E-state index in [9.17, 15) is 8.78 Å². The number of alkyl halides is 2. The van der Waals surface area contributed by atoms with Gasteiger partial charge in [0.2, 0.25) is 0 Å². The highest BCUT2D eigenvalue weighted by Gasteiger charge is 2.29. The molecule has 0 aromatic heterocycles. The Bertz CT molecular complexity index is 419. The number of benzene rings is 1. The topological polar surface area (TPSA) is 29.3 Å². The minimum Gasteiger partial charge on any atom is -0.329 e. The van der Waals surface area contributed by atoms with Crippen LogP contribution in [0.25, 0.3) is 0 Å². The Morgan fingerprint density at radius 3 is 2.30 bits per heavy atom. The van der Waals surface area contributed by atoms with Gasteiger partial charge in [0.25, 0.3) is 6.43 Å². The molecule has 1 aliphatic rings. The van der Waals surface area contributed by atoms with Gasteiger partial charge in [-0.15, -0.1) is 0 Å². The van der Waals surface area contributed by atoms with E-state index in [-0.39, 0.29) is 11.6 Å². The van der Waals surface area contributed by atoms with Gasteiger partial charge in [-0.3, -0.25) is 4.90 Å². The van der Waals surface area contributed by atoms with Crippen LogP contribution in [-0.2, 0) is 0 Å². The fraction of sp³-hybridized carbons (Fsp3) is 0.625. The maximum absolute atomic E-state index is 12.6. The lowest BCUT2D eigenvalue weighted by Gasteiger charge is -2.42. The summed E-state index contributed by atoms with van der Waals surface area (Å²) in [5.41, 5.74) is 7.06. The zero-order valence-corrected chi connectivity index (χ0v) is 12.2. The van der Waals surface area contributed by atoms with Crippen molar-refractivity contribution >= 4 is 0 Å². The van der Waals surface area contributed by atoms with Gasteiger partial charge in [0.1, 0.15) is 0 Å². The Kier molecular flexibility index (Phi) is 5.11. The van der Waals surface area contributed by atoms with Crippen LogP contribution in [0.2, 0.25) is 0 Å². The summed E-state index contributed by atoms with van der Waals surface area (Å²) < 4.78 is 25.2. The molecule has 0 bridgehead atoms. The second-order valence-electron chi connectivity index (χ2n) is 5.95. The van der Waals surface area contributed by atoms with Crippen LogP contribution in [0.15, 0.2) is 24.3 Å². The molecule has 2 N–H and O–H groups in total. The molecule has 1 saturated heterocycles. The molecule has 1 aliphatic heterocycles. The number of rotatable bonds is 4. The first kappa shape index (κ1) is 15.4. The second-order valence-corrected chi connectivity index (χ2v) is 5.95. The van der Waals surface area contributed by atoms with Crippen molar-refractivity contribution in [2.24, 2.45) is 11.7 Å². The third kappa shape index (κ3) is 3.36. The summed E-state index contributed by atoms with van der Waals surface area (Å²) in [5, 5.41) is 0. The molecule has 0 radical (unpaired) electrons. The number of nitrogens with two attached hydrogens (primary N) is 1. The molecule has 1 fully saturated rings. The van der Waals surface area contributed by atoms with Gasteiger partial charge in [-0.1, -0.05) is 31.2 Å². The van der Waals surface area contributed by atoms with E-state index in [2.05, 4.69) is 18.7 Å². The first-order valence-electron chi connectivity index (χ1n) is 7.36. The number of likely N-dealkylation sites (tertiary alicyclic amines) is 1. The van der Waals surface area contributed by atoms with Crippen LogP contribution in [0.1, 0.15) is 50.3 Å². The van der Waals surface area contributed by atoms with E-state index in [0.29, 0.717) is 18.5 Å². The fourth-order valence-corrected chi connectivity index (χ4v) is 3.08. The molecular formula is C16H24F2N2. The summed E-state index contributed by atoms with van der Waals surface area (Å²) in [6.45, 7) is 6.03. The minimum absolute atomic E-state index is 0.0737. The maximum Gasteiger partial charge on any atom is 0.263 e. The Morgan fingerprint density at radius 2 is 1.75 bits per heavy atom. The van der Waals surface area contributed by atoms with Crippen molar-refractivity contribution in [2.45, 2.75) is 45.2 Å². The van der Waals surface area contributed by atoms with Gasteiger partial charge in [-0.05, 0) is 31.2 Å². The lowest BCUT2D eigenvalue weighted by Crippen LogP contribution is -2.45. The Balaban J connectivity index is 2.18. The smallest absolute Gasteiger partial charge is 0.263 e. The Hall–Kier alpha value is -1.00. The molecule has 3 unspecified atom stereocenters.